The summed E-state index contributed by atoms with van der Waals surface area (Å²) in [6, 6.07) is 11.5. The molecule has 2 aromatic carbocycles. The summed E-state index contributed by atoms with van der Waals surface area (Å²) in [5, 5.41) is 6.32. The molecule has 0 aliphatic carbocycles. The standard InChI is InChI=1S/C18H19ClN2O3/c1-11(20-15-7-8-17(24-3)16(19)10-15)18(23)21-14-6-4-5-13(9-14)12(2)22/h4-11,20H,1-3H3,(H,21,23). The van der Waals surface area contributed by atoms with Gasteiger partial charge >= 0.3 is 0 Å². The first kappa shape index (κ1) is 17.8. The Balaban J connectivity index is 2.03. The van der Waals surface area contributed by atoms with Crippen LogP contribution in [0.25, 0.3) is 0 Å². The van der Waals surface area contributed by atoms with Crippen molar-refractivity contribution >= 4 is 34.7 Å². The van der Waals surface area contributed by atoms with Crippen LogP contribution in [0.4, 0.5) is 11.4 Å². The van der Waals surface area contributed by atoms with Crippen LogP contribution >= 0.6 is 11.6 Å². The van der Waals surface area contributed by atoms with Gasteiger partial charge in [0.15, 0.2) is 5.78 Å². The van der Waals surface area contributed by atoms with Crippen molar-refractivity contribution in [3.63, 3.8) is 0 Å². The molecule has 0 heterocycles. The van der Waals surface area contributed by atoms with Gasteiger partial charge in [0.2, 0.25) is 5.91 Å². The van der Waals surface area contributed by atoms with E-state index in [1.54, 1.807) is 56.5 Å². The average Bonchev–Trinajstić information content (AvgIpc) is 2.55. The number of ether oxygens (including phenoxy) is 1. The number of Topliss-reactive ketones (excluding diaryl/α,β-unsaturated/α-hetero) is 1. The number of nitrogens with one attached hydrogen (secondary N) is 2. The third kappa shape index (κ3) is 4.49. The Morgan fingerprint density at radius 3 is 2.50 bits per heavy atom. The number of carbonyl (C=O) groups is 2. The van der Waals surface area contributed by atoms with E-state index in [2.05, 4.69) is 10.6 Å². The van der Waals surface area contributed by atoms with Crippen LogP contribution in [0.5, 0.6) is 5.75 Å². The molecule has 0 radical (unpaired) electrons. The van der Waals surface area contributed by atoms with Gasteiger partial charge in [-0.15, -0.1) is 0 Å². The zero-order valence-corrected chi connectivity index (χ0v) is 14.5. The van der Waals surface area contributed by atoms with E-state index < -0.39 is 6.04 Å². The number of hydrogen-bond acceptors (Lipinski definition) is 4. The topological polar surface area (TPSA) is 67.4 Å². The van der Waals surface area contributed by atoms with Gasteiger partial charge in [-0.25, -0.2) is 0 Å². The quantitative estimate of drug-likeness (QED) is 0.776. The zero-order valence-electron chi connectivity index (χ0n) is 13.7. The van der Waals surface area contributed by atoms with Crippen molar-refractivity contribution in [2.45, 2.75) is 19.9 Å². The number of halogens is 1. The molecule has 0 saturated carbocycles. The monoisotopic (exact) mass is 346 g/mol. The van der Waals surface area contributed by atoms with E-state index in [-0.39, 0.29) is 11.7 Å². The Kier molecular flexibility index (Phi) is 5.82. The predicted molar refractivity (Wildman–Crippen MR) is 96.2 cm³/mol. The summed E-state index contributed by atoms with van der Waals surface area (Å²) in [7, 11) is 1.54. The van der Waals surface area contributed by atoms with Gasteiger partial charge in [-0.05, 0) is 44.2 Å². The van der Waals surface area contributed by atoms with Crippen molar-refractivity contribution in [3.8, 4) is 5.75 Å². The Morgan fingerprint density at radius 1 is 1.12 bits per heavy atom. The Bertz CT molecular complexity index is 762. The van der Waals surface area contributed by atoms with E-state index in [4.69, 9.17) is 16.3 Å². The van der Waals surface area contributed by atoms with Gasteiger partial charge in [0, 0.05) is 16.9 Å². The average molecular weight is 347 g/mol. The molecule has 0 bridgehead atoms. The number of benzene rings is 2. The van der Waals surface area contributed by atoms with E-state index in [9.17, 15) is 9.59 Å². The lowest BCUT2D eigenvalue weighted by atomic mass is 10.1. The highest BCUT2D eigenvalue weighted by atomic mass is 35.5. The maximum absolute atomic E-state index is 12.3. The largest absolute Gasteiger partial charge is 0.495 e. The highest BCUT2D eigenvalue weighted by molar-refractivity contribution is 6.32. The minimum atomic E-state index is -0.490. The predicted octanol–water partition coefficient (Wildman–Crippen LogP) is 3.99. The highest BCUT2D eigenvalue weighted by Gasteiger charge is 2.14. The Hall–Kier alpha value is -2.53. The molecule has 0 aliphatic rings. The molecule has 1 atom stereocenters. The zero-order chi connectivity index (χ0) is 17.7. The van der Waals surface area contributed by atoms with Gasteiger partial charge in [-0.2, -0.15) is 0 Å². The van der Waals surface area contributed by atoms with Crippen LogP contribution < -0.4 is 15.4 Å². The summed E-state index contributed by atoms with van der Waals surface area (Å²) < 4.78 is 5.10. The van der Waals surface area contributed by atoms with Crippen LogP contribution in [0, 0.1) is 0 Å². The maximum atomic E-state index is 12.3. The number of carbonyl (C=O) groups excluding carboxylic acids is 2. The van der Waals surface area contributed by atoms with Gasteiger partial charge in [0.25, 0.3) is 0 Å². The first-order valence-electron chi connectivity index (χ1n) is 7.42. The third-order valence-corrected chi connectivity index (χ3v) is 3.76. The maximum Gasteiger partial charge on any atom is 0.246 e. The molecule has 2 N–H and O–H groups in total. The molecular weight excluding hydrogens is 328 g/mol. The molecular formula is C18H19ClN2O3. The van der Waals surface area contributed by atoms with Crippen molar-refractivity contribution in [2.24, 2.45) is 0 Å². The van der Waals surface area contributed by atoms with Crippen LogP contribution in [0.1, 0.15) is 24.2 Å². The summed E-state index contributed by atoms with van der Waals surface area (Å²) in [5.74, 6) is 0.299. The van der Waals surface area contributed by atoms with Crippen LogP contribution in [0.15, 0.2) is 42.5 Å². The molecule has 0 saturated heterocycles. The van der Waals surface area contributed by atoms with Crippen molar-refractivity contribution in [1.29, 1.82) is 0 Å². The fourth-order valence-electron chi connectivity index (χ4n) is 2.14. The smallest absolute Gasteiger partial charge is 0.246 e. The van der Waals surface area contributed by atoms with E-state index in [0.29, 0.717) is 27.7 Å². The van der Waals surface area contributed by atoms with E-state index in [0.717, 1.165) is 0 Å². The van der Waals surface area contributed by atoms with Crippen molar-refractivity contribution in [2.75, 3.05) is 17.7 Å². The van der Waals surface area contributed by atoms with Gasteiger partial charge < -0.3 is 15.4 Å². The number of rotatable bonds is 6. The van der Waals surface area contributed by atoms with E-state index in [1.807, 2.05) is 0 Å². The van der Waals surface area contributed by atoms with Gasteiger partial charge in [-0.1, -0.05) is 23.7 Å². The summed E-state index contributed by atoms with van der Waals surface area (Å²) >= 11 is 6.07. The molecule has 0 spiro atoms. The number of anilines is 2. The molecule has 0 aliphatic heterocycles. The van der Waals surface area contributed by atoms with Crippen molar-refractivity contribution < 1.29 is 14.3 Å². The van der Waals surface area contributed by atoms with Crippen molar-refractivity contribution in [3.05, 3.63) is 53.1 Å². The first-order valence-corrected chi connectivity index (χ1v) is 7.80. The molecule has 24 heavy (non-hydrogen) atoms. The molecule has 0 fully saturated rings. The minimum absolute atomic E-state index is 0.0508. The fourth-order valence-corrected chi connectivity index (χ4v) is 2.40. The SMILES string of the molecule is COc1ccc(NC(C)C(=O)Nc2cccc(C(C)=O)c2)cc1Cl. The molecule has 0 aromatic heterocycles. The van der Waals surface area contributed by atoms with E-state index >= 15 is 0 Å². The second-order valence-electron chi connectivity index (χ2n) is 5.34. The fraction of sp³-hybridized carbons (Fsp3) is 0.222. The number of methoxy groups -OCH3 is 1. The molecule has 1 unspecified atom stereocenters. The van der Waals surface area contributed by atoms with Crippen molar-refractivity contribution in [1.82, 2.24) is 0 Å². The lowest BCUT2D eigenvalue weighted by molar-refractivity contribution is -0.116. The summed E-state index contributed by atoms with van der Waals surface area (Å²) in [4.78, 5) is 23.7. The number of hydrogen-bond donors (Lipinski definition) is 2. The number of ketones is 1. The Morgan fingerprint density at radius 2 is 1.88 bits per heavy atom. The molecule has 6 heteroatoms. The lowest BCUT2D eigenvalue weighted by Crippen LogP contribution is -2.31. The molecule has 2 rings (SSSR count). The molecule has 126 valence electrons. The van der Waals surface area contributed by atoms with Crippen LogP contribution in [-0.4, -0.2) is 24.8 Å². The molecule has 1 amide bonds. The highest BCUT2D eigenvalue weighted by Crippen LogP contribution is 2.27. The summed E-state index contributed by atoms with van der Waals surface area (Å²) in [6.07, 6.45) is 0. The number of amides is 1. The normalized spacial score (nSPS) is 11.5. The van der Waals surface area contributed by atoms with Gasteiger partial charge in [0.1, 0.15) is 11.8 Å². The lowest BCUT2D eigenvalue weighted by Gasteiger charge is -2.16. The van der Waals surface area contributed by atoms with Gasteiger partial charge in [0.05, 0.1) is 12.1 Å². The molecule has 5 nitrogen and oxygen atoms in total. The van der Waals surface area contributed by atoms with Crippen LogP contribution in [0.3, 0.4) is 0 Å². The van der Waals surface area contributed by atoms with Gasteiger partial charge in [-0.3, -0.25) is 9.59 Å². The molecule has 2 aromatic rings. The minimum Gasteiger partial charge on any atom is -0.495 e. The van der Waals surface area contributed by atoms with E-state index in [1.165, 1.54) is 6.92 Å². The second-order valence-corrected chi connectivity index (χ2v) is 5.75. The first-order chi connectivity index (χ1) is 11.4. The Labute approximate surface area is 146 Å². The third-order valence-electron chi connectivity index (χ3n) is 3.46. The summed E-state index contributed by atoms with van der Waals surface area (Å²) in [5.41, 5.74) is 1.84. The summed E-state index contributed by atoms with van der Waals surface area (Å²) in [6.45, 7) is 3.22. The second kappa shape index (κ2) is 7.84. The van der Waals surface area contributed by atoms with Crippen LogP contribution in [0.2, 0.25) is 5.02 Å². The van der Waals surface area contributed by atoms with Crippen LogP contribution in [-0.2, 0) is 4.79 Å².